The number of hydrogen-bond donors (Lipinski definition) is 3. The molecule has 0 saturated carbocycles. The number of para-hydroxylation sites is 3. The summed E-state index contributed by atoms with van der Waals surface area (Å²) in [6, 6.07) is 15.6. The van der Waals surface area contributed by atoms with E-state index >= 15 is 0 Å². The first-order chi connectivity index (χ1) is 12.2. The minimum absolute atomic E-state index is 0.0458. The van der Waals surface area contributed by atoms with E-state index in [4.69, 9.17) is 10.5 Å². The molecule has 0 unspecified atom stereocenters. The number of nitrogen functional groups attached to an aromatic ring is 1. The van der Waals surface area contributed by atoms with Gasteiger partial charge >= 0.3 is 0 Å². The molecule has 2 aromatic carbocycles. The van der Waals surface area contributed by atoms with Gasteiger partial charge in [-0.15, -0.1) is 0 Å². The monoisotopic (exact) mass is 337 g/mol. The first-order valence-corrected chi connectivity index (χ1v) is 8.53. The van der Waals surface area contributed by atoms with Crippen LogP contribution in [-0.4, -0.2) is 24.0 Å². The lowest BCUT2D eigenvalue weighted by molar-refractivity contribution is -0.121. The van der Waals surface area contributed by atoms with Crippen molar-refractivity contribution in [1.29, 1.82) is 0 Å². The number of fused-ring (bicyclic) bond motifs is 1. The highest BCUT2D eigenvalue weighted by Crippen LogP contribution is 2.20. The first kappa shape index (κ1) is 16.9. The number of amides is 1. The Labute approximate surface area is 147 Å². The van der Waals surface area contributed by atoms with E-state index in [9.17, 15) is 4.79 Å². The number of benzene rings is 2. The van der Waals surface area contributed by atoms with Crippen LogP contribution in [0.25, 0.3) is 10.9 Å². The van der Waals surface area contributed by atoms with Gasteiger partial charge in [0.25, 0.3) is 0 Å². The Morgan fingerprint density at radius 1 is 1.12 bits per heavy atom. The summed E-state index contributed by atoms with van der Waals surface area (Å²) in [5.41, 5.74) is 8.77. The Morgan fingerprint density at radius 2 is 1.92 bits per heavy atom. The zero-order valence-electron chi connectivity index (χ0n) is 14.1. The molecule has 25 heavy (non-hydrogen) atoms. The molecule has 130 valence electrons. The molecule has 3 aromatic rings. The first-order valence-electron chi connectivity index (χ1n) is 8.53. The van der Waals surface area contributed by atoms with Crippen LogP contribution in [0.2, 0.25) is 0 Å². The number of rotatable bonds is 8. The number of hydrogen-bond acceptors (Lipinski definition) is 3. The smallest absolute Gasteiger partial charge is 0.220 e. The molecular formula is C20H23N3O2. The van der Waals surface area contributed by atoms with Crippen molar-refractivity contribution in [2.45, 2.75) is 19.3 Å². The van der Waals surface area contributed by atoms with Crippen molar-refractivity contribution in [3.8, 4) is 5.75 Å². The third kappa shape index (κ3) is 4.53. The van der Waals surface area contributed by atoms with Gasteiger partial charge in [0.05, 0.1) is 12.3 Å². The molecular weight excluding hydrogens is 314 g/mol. The summed E-state index contributed by atoms with van der Waals surface area (Å²) in [6.45, 7) is 1.11. The summed E-state index contributed by atoms with van der Waals surface area (Å²) in [7, 11) is 0. The fourth-order valence-corrected chi connectivity index (χ4v) is 2.79. The normalized spacial score (nSPS) is 10.7. The molecule has 0 aliphatic carbocycles. The molecule has 5 heteroatoms. The number of nitrogens with one attached hydrogen (secondary N) is 2. The highest BCUT2D eigenvalue weighted by Gasteiger charge is 2.05. The van der Waals surface area contributed by atoms with E-state index in [1.807, 2.05) is 36.5 Å². The SMILES string of the molecule is Nc1ccccc1OCCCC(=O)NCCc1c[nH]c2ccccc12. The van der Waals surface area contributed by atoms with Gasteiger partial charge in [-0.25, -0.2) is 0 Å². The lowest BCUT2D eigenvalue weighted by atomic mass is 10.1. The summed E-state index contributed by atoms with van der Waals surface area (Å²) in [5, 5.41) is 4.18. The van der Waals surface area contributed by atoms with Gasteiger partial charge in [0.15, 0.2) is 0 Å². The van der Waals surface area contributed by atoms with Crippen LogP contribution < -0.4 is 15.8 Å². The van der Waals surface area contributed by atoms with Gasteiger partial charge < -0.3 is 20.8 Å². The number of anilines is 1. The Bertz CT molecular complexity index is 842. The van der Waals surface area contributed by atoms with Crippen LogP contribution >= 0.6 is 0 Å². The van der Waals surface area contributed by atoms with Crippen LogP contribution in [0, 0.1) is 0 Å². The van der Waals surface area contributed by atoms with Crippen molar-refractivity contribution in [3.05, 3.63) is 60.3 Å². The second-order valence-electron chi connectivity index (χ2n) is 5.95. The number of nitrogens with two attached hydrogens (primary N) is 1. The number of H-pyrrole nitrogens is 1. The Kier molecular flexibility index (Phi) is 5.57. The van der Waals surface area contributed by atoms with Gasteiger partial charge in [-0.2, -0.15) is 0 Å². The minimum atomic E-state index is 0.0458. The third-order valence-corrected chi connectivity index (χ3v) is 4.12. The van der Waals surface area contributed by atoms with E-state index in [0.29, 0.717) is 37.4 Å². The topological polar surface area (TPSA) is 80.1 Å². The number of carbonyl (C=O) groups is 1. The fourth-order valence-electron chi connectivity index (χ4n) is 2.79. The molecule has 1 aromatic heterocycles. The van der Waals surface area contributed by atoms with Crippen molar-refractivity contribution in [3.63, 3.8) is 0 Å². The Morgan fingerprint density at radius 3 is 2.80 bits per heavy atom. The van der Waals surface area contributed by atoms with Crippen LogP contribution in [-0.2, 0) is 11.2 Å². The van der Waals surface area contributed by atoms with Crippen molar-refractivity contribution >= 4 is 22.5 Å². The highest BCUT2D eigenvalue weighted by molar-refractivity contribution is 5.83. The summed E-state index contributed by atoms with van der Waals surface area (Å²) in [5.74, 6) is 0.715. The van der Waals surface area contributed by atoms with Crippen LogP contribution in [0.4, 0.5) is 5.69 Å². The maximum atomic E-state index is 11.9. The van der Waals surface area contributed by atoms with Crippen LogP contribution in [0.5, 0.6) is 5.75 Å². The molecule has 0 fully saturated rings. The lowest BCUT2D eigenvalue weighted by Crippen LogP contribution is -2.25. The van der Waals surface area contributed by atoms with E-state index in [-0.39, 0.29) is 5.91 Å². The van der Waals surface area contributed by atoms with Gasteiger partial charge in [0.2, 0.25) is 5.91 Å². The van der Waals surface area contributed by atoms with Gasteiger partial charge in [-0.1, -0.05) is 30.3 Å². The Balaban J connectivity index is 1.35. The van der Waals surface area contributed by atoms with E-state index in [2.05, 4.69) is 22.4 Å². The number of aromatic amines is 1. The van der Waals surface area contributed by atoms with Gasteiger partial charge in [-0.3, -0.25) is 4.79 Å². The average molecular weight is 337 g/mol. The quantitative estimate of drug-likeness (QED) is 0.436. The maximum absolute atomic E-state index is 11.9. The van der Waals surface area contributed by atoms with Crippen molar-refractivity contribution in [2.24, 2.45) is 0 Å². The second kappa shape index (κ2) is 8.24. The van der Waals surface area contributed by atoms with E-state index < -0.39 is 0 Å². The number of carbonyl (C=O) groups excluding carboxylic acids is 1. The van der Waals surface area contributed by atoms with Crippen molar-refractivity contribution in [1.82, 2.24) is 10.3 Å². The lowest BCUT2D eigenvalue weighted by Gasteiger charge is -2.08. The van der Waals surface area contributed by atoms with Crippen molar-refractivity contribution < 1.29 is 9.53 Å². The second-order valence-corrected chi connectivity index (χ2v) is 5.95. The highest BCUT2D eigenvalue weighted by atomic mass is 16.5. The van der Waals surface area contributed by atoms with E-state index in [1.165, 1.54) is 10.9 Å². The molecule has 1 heterocycles. The van der Waals surface area contributed by atoms with E-state index in [0.717, 1.165) is 11.9 Å². The molecule has 5 nitrogen and oxygen atoms in total. The molecule has 1 amide bonds. The van der Waals surface area contributed by atoms with Gasteiger partial charge in [-0.05, 0) is 36.6 Å². The minimum Gasteiger partial charge on any atom is -0.491 e. The summed E-state index contributed by atoms with van der Waals surface area (Å²) < 4.78 is 5.59. The average Bonchev–Trinajstić information content (AvgIpc) is 3.03. The molecule has 0 radical (unpaired) electrons. The maximum Gasteiger partial charge on any atom is 0.220 e. The molecule has 0 atom stereocenters. The number of aromatic nitrogens is 1. The third-order valence-electron chi connectivity index (χ3n) is 4.12. The standard InChI is InChI=1S/C20H23N3O2/c21-17-7-2-4-9-19(17)25-13-5-10-20(24)22-12-11-15-14-23-18-8-3-1-6-16(15)18/h1-4,6-9,14,23H,5,10-13,21H2,(H,22,24). The van der Waals surface area contributed by atoms with Crippen LogP contribution in [0.3, 0.4) is 0 Å². The van der Waals surface area contributed by atoms with Crippen LogP contribution in [0.1, 0.15) is 18.4 Å². The number of ether oxygens (including phenoxy) is 1. The largest absolute Gasteiger partial charge is 0.491 e. The van der Waals surface area contributed by atoms with Gasteiger partial charge in [0.1, 0.15) is 5.75 Å². The predicted octanol–water partition coefficient (Wildman–Crippen LogP) is 3.27. The molecule has 4 N–H and O–H groups in total. The van der Waals surface area contributed by atoms with Crippen LogP contribution in [0.15, 0.2) is 54.7 Å². The zero-order chi connectivity index (χ0) is 17.5. The fraction of sp³-hybridized carbons (Fsp3) is 0.250. The molecule has 0 saturated heterocycles. The van der Waals surface area contributed by atoms with E-state index in [1.54, 1.807) is 6.07 Å². The molecule has 3 rings (SSSR count). The summed E-state index contributed by atoms with van der Waals surface area (Å²) in [6.07, 6.45) is 3.93. The molecule has 0 aliphatic rings. The molecule has 0 aliphatic heterocycles. The predicted molar refractivity (Wildman–Crippen MR) is 101 cm³/mol. The Hall–Kier alpha value is -2.95. The van der Waals surface area contributed by atoms with Gasteiger partial charge in [0, 0.05) is 30.1 Å². The molecule has 0 spiro atoms. The summed E-state index contributed by atoms with van der Waals surface area (Å²) >= 11 is 0. The molecule has 0 bridgehead atoms. The zero-order valence-corrected chi connectivity index (χ0v) is 14.1. The summed E-state index contributed by atoms with van der Waals surface area (Å²) in [4.78, 5) is 15.2. The van der Waals surface area contributed by atoms with Crippen molar-refractivity contribution in [2.75, 3.05) is 18.9 Å².